The number of hydrogen-bond acceptors (Lipinski definition) is 3. The summed E-state index contributed by atoms with van der Waals surface area (Å²) in [5.74, 6) is 0.629. The van der Waals surface area contributed by atoms with Crippen LogP contribution in [0.4, 0.5) is 5.82 Å². The van der Waals surface area contributed by atoms with Crippen LogP contribution in [0.2, 0.25) is 0 Å². The van der Waals surface area contributed by atoms with Crippen LogP contribution in [0.25, 0.3) is 0 Å². The van der Waals surface area contributed by atoms with E-state index < -0.39 is 0 Å². The Morgan fingerprint density at radius 3 is 2.39 bits per heavy atom. The Morgan fingerprint density at radius 1 is 1.11 bits per heavy atom. The fourth-order valence-corrected chi connectivity index (χ4v) is 1.61. The smallest absolute Gasteiger partial charge is 0.272 e. The highest BCUT2D eigenvalue weighted by molar-refractivity contribution is 5.99. The molecular weight excluding hydrogens is 294 g/mol. The topological polar surface area (TPSA) is 62.5 Å². The molecule has 3 N–H and O–H groups in total. The molecule has 4 nitrogen and oxygen atoms in total. The van der Waals surface area contributed by atoms with Crippen LogP contribution in [0.1, 0.15) is 5.56 Å². The number of rotatable bonds is 3. The van der Waals surface area contributed by atoms with Crippen molar-refractivity contribution in [1.29, 1.82) is 0 Å². The Labute approximate surface area is 116 Å². The van der Waals surface area contributed by atoms with Gasteiger partial charge in [-0.25, -0.2) is 4.57 Å². The first kappa shape index (κ1) is 14.2. The summed E-state index contributed by atoms with van der Waals surface area (Å²) in [5.41, 5.74) is 7.29. The molecule has 0 spiro atoms. The first-order chi connectivity index (χ1) is 8.31. The Morgan fingerprint density at radius 2 is 1.78 bits per heavy atom. The Balaban J connectivity index is 0.00000162. The lowest BCUT2D eigenvalue weighted by atomic mass is 10.1. The van der Waals surface area contributed by atoms with Crippen molar-refractivity contribution in [3.8, 4) is 0 Å². The summed E-state index contributed by atoms with van der Waals surface area (Å²) in [7, 11) is 0. The van der Waals surface area contributed by atoms with Crippen molar-refractivity contribution >= 4 is 11.5 Å². The molecule has 0 atom stereocenters. The molecule has 0 aliphatic rings. The van der Waals surface area contributed by atoms with E-state index in [-0.39, 0.29) is 17.0 Å². The molecule has 18 heavy (non-hydrogen) atoms. The van der Waals surface area contributed by atoms with Gasteiger partial charge in [0.05, 0.1) is 6.20 Å². The molecule has 1 heterocycles. The van der Waals surface area contributed by atoms with Crippen LogP contribution >= 0.6 is 0 Å². The van der Waals surface area contributed by atoms with Crippen molar-refractivity contribution in [2.24, 2.45) is 5.16 Å². The molecule has 94 valence electrons. The van der Waals surface area contributed by atoms with E-state index >= 15 is 0 Å². The number of anilines is 1. The molecular formula is C13H14BrN3O. The van der Waals surface area contributed by atoms with Crippen LogP contribution < -0.4 is 27.3 Å². The molecule has 0 saturated carbocycles. The van der Waals surface area contributed by atoms with Crippen molar-refractivity contribution in [2.75, 3.05) is 5.73 Å². The number of hydrogen-bond donors (Lipinski definition) is 2. The molecule has 2 rings (SSSR count). The highest BCUT2D eigenvalue weighted by atomic mass is 79.9. The van der Waals surface area contributed by atoms with Crippen LogP contribution in [-0.2, 0) is 6.54 Å². The monoisotopic (exact) mass is 307 g/mol. The third-order valence-corrected chi connectivity index (χ3v) is 2.52. The maximum absolute atomic E-state index is 9.07. The maximum Gasteiger partial charge on any atom is 0.272 e. The average molecular weight is 308 g/mol. The largest absolute Gasteiger partial charge is 1.00 e. The third kappa shape index (κ3) is 3.30. The van der Waals surface area contributed by atoms with E-state index in [0.717, 1.165) is 5.56 Å². The Hall–Kier alpha value is -1.88. The van der Waals surface area contributed by atoms with Gasteiger partial charge in [0.2, 0.25) is 0 Å². The molecule has 0 bridgehead atoms. The van der Waals surface area contributed by atoms with Gasteiger partial charge >= 0.3 is 0 Å². The molecule has 0 amide bonds. The number of aromatic nitrogens is 1. The zero-order valence-corrected chi connectivity index (χ0v) is 11.3. The van der Waals surface area contributed by atoms with Crippen LogP contribution in [0.5, 0.6) is 0 Å². The zero-order valence-electron chi connectivity index (χ0n) is 9.70. The fraction of sp³-hybridized carbons (Fsp3) is 0.0769. The molecule has 1 aromatic heterocycles. The van der Waals surface area contributed by atoms with Gasteiger partial charge < -0.3 is 22.2 Å². The standard InChI is InChI=1S/C13H13N3O.BrH/c14-13-8-4-5-9-16(13)10-12(15-17)11-6-2-1-3-7-11;/h1-9,14,17H,10H2;1H/b15-12-;. The number of nitrogens with zero attached hydrogens (tertiary/aromatic N) is 2. The summed E-state index contributed by atoms with van der Waals surface area (Å²) in [6, 6.07) is 15.1. The molecule has 1 aromatic carbocycles. The lowest BCUT2D eigenvalue weighted by Gasteiger charge is -2.05. The van der Waals surface area contributed by atoms with Gasteiger partial charge in [0.1, 0.15) is 12.3 Å². The highest BCUT2D eigenvalue weighted by Gasteiger charge is 2.10. The number of benzene rings is 1. The minimum absolute atomic E-state index is 0. The highest BCUT2D eigenvalue weighted by Crippen LogP contribution is 2.02. The van der Waals surface area contributed by atoms with Gasteiger partial charge in [-0.1, -0.05) is 41.6 Å². The van der Waals surface area contributed by atoms with Crippen LogP contribution in [-0.4, -0.2) is 10.9 Å². The molecule has 0 aliphatic heterocycles. The van der Waals surface area contributed by atoms with Crippen molar-refractivity contribution < 1.29 is 26.8 Å². The summed E-state index contributed by atoms with van der Waals surface area (Å²) >= 11 is 0. The van der Waals surface area contributed by atoms with Gasteiger partial charge in [-0.15, -0.1) is 0 Å². The van der Waals surface area contributed by atoms with E-state index in [0.29, 0.717) is 18.1 Å². The summed E-state index contributed by atoms with van der Waals surface area (Å²) in [6.07, 6.45) is 1.85. The molecule has 0 radical (unpaired) electrons. The van der Waals surface area contributed by atoms with Gasteiger partial charge in [-0.2, -0.15) is 0 Å². The Bertz CT molecular complexity index is 529. The van der Waals surface area contributed by atoms with Crippen molar-refractivity contribution in [1.82, 2.24) is 0 Å². The number of oxime groups is 1. The van der Waals surface area contributed by atoms with Gasteiger partial charge in [-0.3, -0.25) is 5.73 Å². The second-order valence-corrected chi connectivity index (χ2v) is 3.67. The molecule has 2 aromatic rings. The lowest BCUT2D eigenvalue weighted by molar-refractivity contribution is -0.667. The summed E-state index contributed by atoms with van der Waals surface area (Å²) in [6.45, 7) is 0.438. The normalized spacial score (nSPS) is 10.8. The number of nitrogen functional groups attached to an aromatic ring is 1. The first-order valence-electron chi connectivity index (χ1n) is 5.31. The van der Waals surface area contributed by atoms with Crippen LogP contribution in [0, 0.1) is 0 Å². The summed E-state index contributed by atoms with van der Waals surface area (Å²) < 4.78 is 1.82. The quantitative estimate of drug-likeness (QED) is 0.312. The van der Waals surface area contributed by atoms with Crippen molar-refractivity contribution in [3.05, 3.63) is 60.3 Å². The van der Waals surface area contributed by atoms with E-state index in [1.54, 1.807) is 6.07 Å². The third-order valence-electron chi connectivity index (χ3n) is 2.52. The molecule has 0 fully saturated rings. The number of pyridine rings is 1. The van der Waals surface area contributed by atoms with Gasteiger partial charge in [-0.05, 0) is 6.07 Å². The molecule has 0 unspecified atom stereocenters. The van der Waals surface area contributed by atoms with Crippen molar-refractivity contribution in [3.63, 3.8) is 0 Å². The second kappa shape index (κ2) is 6.76. The summed E-state index contributed by atoms with van der Waals surface area (Å²) in [4.78, 5) is 0. The zero-order chi connectivity index (χ0) is 12.1. The first-order valence-corrected chi connectivity index (χ1v) is 5.31. The number of nitrogens with two attached hydrogens (primary N) is 1. The lowest BCUT2D eigenvalue weighted by Crippen LogP contribution is -3.00. The minimum Gasteiger partial charge on any atom is -1.00 e. The average Bonchev–Trinajstić information content (AvgIpc) is 2.39. The van der Waals surface area contributed by atoms with E-state index in [4.69, 9.17) is 10.9 Å². The van der Waals surface area contributed by atoms with Gasteiger partial charge in [0.25, 0.3) is 5.82 Å². The predicted molar refractivity (Wildman–Crippen MR) is 65.8 cm³/mol. The molecule has 0 aliphatic carbocycles. The van der Waals surface area contributed by atoms with Crippen LogP contribution in [0.3, 0.4) is 0 Å². The minimum atomic E-state index is 0. The van der Waals surface area contributed by atoms with Gasteiger partial charge in [0, 0.05) is 11.6 Å². The SMILES string of the molecule is Nc1cccc[n+]1C/C(=N/O)c1ccccc1.[Br-]. The molecule has 0 saturated heterocycles. The Kier molecular flexibility index (Phi) is 5.32. The summed E-state index contributed by atoms with van der Waals surface area (Å²) in [5, 5.41) is 12.4. The van der Waals surface area contributed by atoms with E-state index in [2.05, 4.69) is 5.16 Å². The van der Waals surface area contributed by atoms with Gasteiger partial charge in [0.15, 0.2) is 0 Å². The van der Waals surface area contributed by atoms with E-state index in [9.17, 15) is 0 Å². The van der Waals surface area contributed by atoms with E-state index in [1.807, 2.05) is 53.2 Å². The predicted octanol–water partition coefficient (Wildman–Crippen LogP) is -1.56. The van der Waals surface area contributed by atoms with E-state index in [1.165, 1.54) is 0 Å². The molecule has 5 heteroatoms. The van der Waals surface area contributed by atoms with Crippen molar-refractivity contribution in [2.45, 2.75) is 6.54 Å². The fourth-order valence-electron chi connectivity index (χ4n) is 1.61. The number of halogens is 1. The second-order valence-electron chi connectivity index (χ2n) is 3.67. The van der Waals surface area contributed by atoms with Crippen LogP contribution in [0.15, 0.2) is 59.9 Å². The maximum atomic E-state index is 9.07.